The lowest BCUT2D eigenvalue weighted by molar-refractivity contribution is 0.0658. The zero-order chi connectivity index (χ0) is 17.3. The lowest BCUT2D eigenvalue weighted by atomic mass is 10.1. The minimum Gasteiger partial charge on any atom is -0.451 e. The number of hydrogen-bond acceptors (Lipinski definition) is 3. The van der Waals surface area contributed by atoms with Gasteiger partial charge < -0.3 is 9.32 Å². The van der Waals surface area contributed by atoms with Gasteiger partial charge >= 0.3 is 0 Å². The summed E-state index contributed by atoms with van der Waals surface area (Å²) in [4.78, 5) is 19.0. The summed E-state index contributed by atoms with van der Waals surface area (Å²) < 4.78 is 6.82. The standard InChI is InChI=1S/C19H19BrN2O2/c1-12(2)22(11-14-5-4-8-21-10-14)19(23)18-13(3)16-9-15(20)6-7-17(16)24-18/h4-10,12H,11H2,1-3H3. The van der Waals surface area contributed by atoms with Crippen molar-refractivity contribution < 1.29 is 9.21 Å². The van der Waals surface area contributed by atoms with Crippen LogP contribution >= 0.6 is 15.9 Å². The number of nitrogens with zero attached hydrogens (tertiary/aromatic N) is 2. The fourth-order valence-electron chi connectivity index (χ4n) is 2.70. The second-order valence-corrected chi connectivity index (χ2v) is 7.00. The van der Waals surface area contributed by atoms with Gasteiger partial charge in [0, 0.05) is 40.4 Å². The summed E-state index contributed by atoms with van der Waals surface area (Å²) in [6, 6.07) is 9.67. The summed E-state index contributed by atoms with van der Waals surface area (Å²) in [5.74, 6) is 0.305. The van der Waals surface area contributed by atoms with Crippen LogP contribution in [0.15, 0.2) is 51.6 Å². The Morgan fingerprint density at radius 2 is 2.12 bits per heavy atom. The summed E-state index contributed by atoms with van der Waals surface area (Å²) in [7, 11) is 0. The molecule has 2 aromatic heterocycles. The number of carbonyl (C=O) groups excluding carboxylic acids is 1. The molecule has 1 amide bonds. The largest absolute Gasteiger partial charge is 0.451 e. The van der Waals surface area contributed by atoms with Gasteiger partial charge in [0.05, 0.1) is 0 Å². The van der Waals surface area contributed by atoms with Crippen molar-refractivity contribution in [1.82, 2.24) is 9.88 Å². The molecule has 0 aliphatic carbocycles. The molecule has 0 unspecified atom stereocenters. The van der Waals surface area contributed by atoms with Crippen LogP contribution in [0, 0.1) is 6.92 Å². The zero-order valence-corrected chi connectivity index (χ0v) is 15.5. The summed E-state index contributed by atoms with van der Waals surface area (Å²) in [6.45, 7) is 6.43. The molecule has 0 aliphatic rings. The van der Waals surface area contributed by atoms with Gasteiger partial charge in [-0.25, -0.2) is 0 Å². The van der Waals surface area contributed by atoms with E-state index in [-0.39, 0.29) is 11.9 Å². The Morgan fingerprint density at radius 1 is 1.33 bits per heavy atom. The van der Waals surface area contributed by atoms with E-state index in [1.807, 2.05) is 51.1 Å². The molecule has 0 radical (unpaired) electrons. The Bertz CT molecular complexity index is 872. The molecule has 0 fully saturated rings. The van der Waals surface area contributed by atoms with E-state index in [2.05, 4.69) is 20.9 Å². The molecular formula is C19H19BrN2O2. The van der Waals surface area contributed by atoms with Crippen molar-refractivity contribution in [3.8, 4) is 0 Å². The quantitative estimate of drug-likeness (QED) is 0.637. The van der Waals surface area contributed by atoms with Crippen LogP contribution in [0.25, 0.3) is 11.0 Å². The fraction of sp³-hybridized carbons (Fsp3) is 0.263. The number of pyridine rings is 1. The summed E-state index contributed by atoms with van der Waals surface area (Å²) in [5.41, 5.74) is 2.59. The van der Waals surface area contributed by atoms with Gasteiger partial charge in [0.15, 0.2) is 5.76 Å². The number of carbonyl (C=O) groups is 1. The van der Waals surface area contributed by atoms with Crippen molar-refractivity contribution in [2.75, 3.05) is 0 Å². The monoisotopic (exact) mass is 386 g/mol. The van der Waals surface area contributed by atoms with E-state index in [1.165, 1.54) is 0 Å². The highest BCUT2D eigenvalue weighted by atomic mass is 79.9. The average molecular weight is 387 g/mol. The molecular weight excluding hydrogens is 368 g/mol. The predicted octanol–water partition coefficient (Wildman–Crippen LogP) is 4.95. The van der Waals surface area contributed by atoms with Crippen LogP contribution in [0.3, 0.4) is 0 Å². The Kier molecular flexibility index (Phi) is 4.71. The van der Waals surface area contributed by atoms with Crippen molar-refractivity contribution in [1.29, 1.82) is 0 Å². The van der Waals surface area contributed by atoms with Crippen LogP contribution in [0.4, 0.5) is 0 Å². The Hall–Kier alpha value is -2.14. The third kappa shape index (κ3) is 3.22. The molecule has 0 atom stereocenters. The highest BCUT2D eigenvalue weighted by Crippen LogP contribution is 2.29. The van der Waals surface area contributed by atoms with E-state index >= 15 is 0 Å². The third-order valence-corrected chi connectivity index (χ3v) is 4.55. The Labute approximate surface area is 149 Å². The first-order valence-electron chi connectivity index (χ1n) is 7.86. The zero-order valence-electron chi connectivity index (χ0n) is 13.9. The Morgan fingerprint density at radius 3 is 2.79 bits per heavy atom. The van der Waals surface area contributed by atoms with Crippen molar-refractivity contribution >= 4 is 32.8 Å². The van der Waals surface area contributed by atoms with Gasteiger partial charge in [-0.3, -0.25) is 9.78 Å². The summed E-state index contributed by atoms with van der Waals surface area (Å²) in [5, 5.41) is 0.956. The van der Waals surface area contributed by atoms with E-state index in [0.717, 1.165) is 26.6 Å². The van der Waals surface area contributed by atoms with Crippen molar-refractivity contribution in [3.05, 3.63) is 64.1 Å². The van der Waals surface area contributed by atoms with Gasteiger partial charge in [-0.15, -0.1) is 0 Å². The number of halogens is 1. The van der Waals surface area contributed by atoms with E-state index in [0.29, 0.717) is 12.3 Å². The van der Waals surface area contributed by atoms with E-state index in [4.69, 9.17) is 4.42 Å². The minimum atomic E-state index is -0.0984. The molecule has 2 heterocycles. The molecule has 0 saturated carbocycles. The molecule has 1 aromatic carbocycles. The summed E-state index contributed by atoms with van der Waals surface area (Å²) in [6.07, 6.45) is 3.51. The molecule has 3 aromatic rings. The van der Waals surface area contributed by atoms with Gasteiger partial charge in [0.25, 0.3) is 5.91 Å². The maximum absolute atomic E-state index is 13.1. The lowest BCUT2D eigenvalue weighted by Gasteiger charge is -2.26. The van der Waals surface area contributed by atoms with E-state index in [1.54, 1.807) is 17.3 Å². The highest BCUT2D eigenvalue weighted by molar-refractivity contribution is 9.10. The maximum Gasteiger partial charge on any atom is 0.290 e. The van der Waals surface area contributed by atoms with Gasteiger partial charge in [0.1, 0.15) is 5.58 Å². The first-order valence-corrected chi connectivity index (χ1v) is 8.65. The molecule has 124 valence electrons. The van der Waals surface area contributed by atoms with Crippen molar-refractivity contribution in [2.24, 2.45) is 0 Å². The minimum absolute atomic E-state index is 0.0528. The first-order chi connectivity index (χ1) is 11.5. The van der Waals surface area contributed by atoms with Gasteiger partial charge in [-0.05, 0) is 50.6 Å². The third-order valence-electron chi connectivity index (χ3n) is 4.05. The molecule has 5 heteroatoms. The highest BCUT2D eigenvalue weighted by Gasteiger charge is 2.25. The van der Waals surface area contributed by atoms with Crippen molar-refractivity contribution in [3.63, 3.8) is 0 Å². The number of hydrogen-bond donors (Lipinski definition) is 0. The molecule has 0 spiro atoms. The normalized spacial score (nSPS) is 11.2. The SMILES string of the molecule is Cc1c(C(=O)N(Cc2cccnc2)C(C)C)oc2ccc(Br)cc12. The number of aromatic nitrogens is 1. The van der Waals surface area contributed by atoms with Crippen LogP contribution in [-0.4, -0.2) is 21.8 Å². The van der Waals surface area contributed by atoms with E-state index < -0.39 is 0 Å². The van der Waals surface area contributed by atoms with Gasteiger partial charge in [-0.2, -0.15) is 0 Å². The second-order valence-electron chi connectivity index (χ2n) is 6.08. The summed E-state index contributed by atoms with van der Waals surface area (Å²) >= 11 is 3.47. The average Bonchev–Trinajstić information content (AvgIpc) is 2.89. The van der Waals surface area contributed by atoms with Crippen molar-refractivity contribution in [2.45, 2.75) is 33.4 Å². The van der Waals surface area contributed by atoms with Gasteiger partial charge in [0.2, 0.25) is 0 Å². The van der Waals surface area contributed by atoms with Gasteiger partial charge in [-0.1, -0.05) is 22.0 Å². The second kappa shape index (κ2) is 6.77. The lowest BCUT2D eigenvalue weighted by Crippen LogP contribution is -2.36. The van der Waals surface area contributed by atoms with E-state index in [9.17, 15) is 4.79 Å². The maximum atomic E-state index is 13.1. The number of aryl methyl sites for hydroxylation is 1. The molecule has 3 rings (SSSR count). The number of benzene rings is 1. The van der Waals surface area contributed by atoms with Crippen LogP contribution in [0.5, 0.6) is 0 Å². The number of rotatable bonds is 4. The smallest absolute Gasteiger partial charge is 0.290 e. The van der Waals surface area contributed by atoms with Crippen LogP contribution < -0.4 is 0 Å². The molecule has 0 bridgehead atoms. The molecule has 0 aliphatic heterocycles. The number of fused-ring (bicyclic) bond motifs is 1. The topological polar surface area (TPSA) is 46.3 Å². The molecule has 0 saturated heterocycles. The molecule has 4 nitrogen and oxygen atoms in total. The van der Waals surface area contributed by atoms with Crippen LogP contribution in [-0.2, 0) is 6.54 Å². The van der Waals surface area contributed by atoms with Crippen LogP contribution in [0.2, 0.25) is 0 Å². The predicted molar refractivity (Wildman–Crippen MR) is 97.9 cm³/mol. The Balaban J connectivity index is 1.97. The number of amides is 1. The van der Waals surface area contributed by atoms with Crippen LogP contribution in [0.1, 0.15) is 35.5 Å². The molecule has 0 N–H and O–H groups in total. The number of furan rings is 1. The molecule has 24 heavy (non-hydrogen) atoms. The fourth-order valence-corrected chi connectivity index (χ4v) is 3.07. The first kappa shape index (κ1) is 16.7.